The molecule has 0 amide bonds. The number of sulfonamides is 1. The van der Waals surface area contributed by atoms with Gasteiger partial charge in [-0.1, -0.05) is 0 Å². The molecule has 0 aliphatic heterocycles. The minimum absolute atomic E-state index is 0.132. The molecule has 0 radical (unpaired) electrons. The van der Waals surface area contributed by atoms with Gasteiger partial charge in [0.15, 0.2) is 0 Å². The van der Waals surface area contributed by atoms with Crippen LogP contribution in [-0.2, 0) is 23.1 Å². The van der Waals surface area contributed by atoms with Crippen molar-refractivity contribution in [1.29, 1.82) is 0 Å². The first-order chi connectivity index (χ1) is 10.00. The highest BCUT2D eigenvalue weighted by atomic mass is 32.2. The van der Waals surface area contributed by atoms with E-state index in [9.17, 15) is 8.42 Å². The van der Waals surface area contributed by atoms with Gasteiger partial charge in [-0.3, -0.25) is 9.40 Å². The van der Waals surface area contributed by atoms with Crippen LogP contribution in [0.5, 0.6) is 5.75 Å². The Morgan fingerprint density at radius 1 is 1.43 bits per heavy atom. The lowest BCUT2D eigenvalue weighted by molar-refractivity contribution is 0.409. The number of rotatable bonds is 6. The normalized spacial score (nSPS) is 11.4. The molecule has 3 N–H and O–H groups in total. The highest BCUT2D eigenvalue weighted by Gasteiger charge is 2.17. The number of ether oxygens (including phenoxy) is 1. The lowest BCUT2D eigenvalue weighted by Crippen LogP contribution is -2.13. The van der Waals surface area contributed by atoms with E-state index in [4.69, 9.17) is 10.5 Å². The summed E-state index contributed by atoms with van der Waals surface area (Å²) in [6.07, 6.45) is 3.10. The summed E-state index contributed by atoms with van der Waals surface area (Å²) in [5, 5.41) is 4.02. The van der Waals surface area contributed by atoms with Crippen molar-refractivity contribution in [3.63, 3.8) is 0 Å². The third-order valence-electron chi connectivity index (χ3n) is 2.99. The van der Waals surface area contributed by atoms with Crippen LogP contribution >= 0.6 is 0 Å². The molecule has 21 heavy (non-hydrogen) atoms. The molecule has 0 fully saturated rings. The number of nitrogens with two attached hydrogens (primary N) is 1. The van der Waals surface area contributed by atoms with Gasteiger partial charge < -0.3 is 10.5 Å². The van der Waals surface area contributed by atoms with E-state index in [-0.39, 0.29) is 11.4 Å². The predicted octanol–water partition coefficient (Wildman–Crippen LogP) is 1.17. The second-order valence-electron chi connectivity index (χ2n) is 4.37. The summed E-state index contributed by atoms with van der Waals surface area (Å²) < 4.78 is 33.9. The fraction of sp³-hybridized carbons (Fsp3) is 0.308. The summed E-state index contributed by atoms with van der Waals surface area (Å²) in [6.45, 7) is 2.78. The molecule has 7 nitrogen and oxygen atoms in total. The van der Waals surface area contributed by atoms with E-state index in [0.29, 0.717) is 23.5 Å². The summed E-state index contributed by atoms with van der Waals surface area (Å²) >= 11 is 0. The van der Waals surface area contributed by atoms with Gasteiger partial charge in [0.25, 0.3) is 10.0 Å². The lowest BCUT2D eigenvalue weighted by atomic mass is 10.2. The number of nitrogens with one attached hydrogen (secondary N) is 1. The lowest BCUT2D eigenvalue weighted by Gasteiger charge is -2.10. The minimum Gasteiger partial charge on any atom is -0.496 e. The van der Waals surface area contributed by atoms with E-state index in [1.165, 1.54) is 25.4 Å². The van der Waals surface area contributed by atoms with Gasteiger partial charge in [-0.15, -0.1) is 0 Å². The molecule has 1 aromatic carbocycles. The van der Waals surface area contributed by atoms with Gasteiger partial charge >= 0.3 is 0 Å². The number of anilines is 1. The smallest absolute Gasteiger partial charge is 0.262 e. The molecule has 0 atom stereocenters. The summed E-state index contributed by atoms with van der Waals surface area (Å²) in [7, 11) is -2.17. The van der Waals surface area contributed by atoms with Crippen LogP contribution < -0.4 is 15.2 Å². The maximum absolute atomic E-state index is 12.3. The SMILES string of the molecule is CCn1cc(NS(=O)(=O)c2ccc(OC)c(CN)c2)cn1. The molecule has 0 unspecified atom stereocenters. The molecule has 114 valence electrons. The Hall–Kier alpha value is -2.06. The van der Waals surface area contributed by atoms with E-state index in [1.54, 1.807) is 16.9 Å². The Kier molecular flexibility index (Phi) is 4.49. The predicted molar refractivity (Wildman–Crippen MR) is 79.6 cm³/mol. The largest absolute Gasteiger partial charge is 0.496 e. The number of nitrogens with zero attached hydrogens (tertiary/aromatic N) is 2. The van der Waals surface area contributed by atoms with Crippen molar-refractivity contribution >= 4 is 15.7 Å². The van der Waals surface area contributed by atoms with Crippen LogP contribution in [0.2, 0.25) is 0 Å². The van der Waals surface area contributed by atoms with Crippen LogP contribution in [0.15, 0.2) is 35.5 Å². The maximum Gasteiger partial charge on any atom is 0.262 e. The molecule has 0 spiro atoms. The third-order valence-corrected chi connectivity index (χ3v) is 4.37. The summed E-state index contributed by atoms with van der Waals surface area (Å²) in [5.41, 5.74) is 6.65. The van der Waals surface area contributed by atoms with Gasteiger partial charge in [0, 0.05) is 24.8 Å². The molecule has 0 aliphatic carbocycles. The average Bonchev–Trinajstić information content (AvgIpc) is 2.93. The van der Waals surface area contributed by atoms with Gasteiger partial charge in [-0.25, -0.2) is 8.42 Å². The molecular weight excluding hydrogens is 292 g/mol. The average molecular weight is 310 g/mol. The summed E-state index contributed by atoms with van der Waals surface area (Å²) in [5.74, 6) is 0.565. The van der Waals surface area contributed by atoms with Crippen molar-refractivity contribution in [2.75, 3.05) is 11.8 Å². The molecule has 0 saturated heterocycles. The number of methoxy groups -OCH3 is 1. The van der Waals surface area contributed by atoms with E-state index >= 15 is 0 Å². The van der Waals surface area contributed by atoms with Gasteiger partial charge in [0.2, 0.25) is 0 Å². The Bertz CT molecular complexity index is 725. The van der Waals surface area contributed by atoms with Crippen LogP contribution in [0.1, 0.15) is 12.5 Å². The number of aryl methyl sites for hydroxylation is 1. The maximum atomic E-state index is 12.3. The van der Waals surface area contributed by atoms with Gasteiger partial charge in [0.1, 0.15) is 5.75 Å². The topological polar surface area (TPSA) is 99.2 Å². The van der Waals surface area contributed by atoms with Crippen LogP contribution in [0, 0.1) is 0 Å². The molecule has 0 bridgehead atoms. The van der Waals surface area contributed by atoms with Crippen molar-refractivity contribution in [2.24, 2.45) is 5.73 Å². The van der Waals surface area contributed by atoms with E-state index in [2.05, 4.69) is 9.82 Å². The second kappa shape index (κ2) is 6.15. The highest BCUT2D eigenvalue weighted by Crippen LogP contribution is 2.23. The first kappa shape index (κ1) is 15.3. The van der Waals surface area contributed by atoms with Crippen molar-refractivity contribution in [3.8, 4) is 5.75 Å². The second-order valence-corrected chi connectivity index (χ2v) is 6.05. The monoisotopic (exact) mass is 310 g/mol. The number of hydrogen-bond donors (Lipinski definition) is 2. The first-order valence-electron chi connectivity index (χ1n) is 6.42. The van der Waals surface area contributed by atoms with E-state index < -0.39 is 10.0 Å². The van der Waals surface area contributed by atoms with E-state index in [0.717, 1.165) is 0 Å². The molecular formula is C13H18N4O3S. The number of aromatic nitrogens is 2. The number of benzene rings is 1. The molecule has 2 aromatic rings. The Balaban J connectivity index is 2.30. The van der Waals surface area contributed by atoms with Crippen LogP contribution in [-0.4, -0.2) is 25.3 Å². The number of hydrogen-bond acceptors (Lipinski definition) is 5. The van der Waals surface area contributed by atoms with Crippen molar-refractivity contribution in [2.45, 2.75) is 24.9 Å². The van der Waals surface area contributed by atoms with Gasteiger partial charge in [-0.2, -0.15) is 5.10 Å². The third kappa shape index (κ3) is 3.34. The molecule has 2 rings (SSSR count). The molecule has 1 aromatic heterocycles. The zero-order chi connectivity index (χ0) is 15.5. The minimum atomic E-state index is -3.68. The molecule has 1 heterocycles. The zero-order valence-electron chi connectivity index (χ0n) is 11.9. The van der Waals surface area contributed by atoms with Gasteiger partial charge in [0.05, 0.1) is 23.9 Å². The fourth-order valence-electron chi connectivity index (χ4n) is 1.88. The zero-order valence-corrected chi connectivity index (χ0v) is 12.7. The van der Waals surface area contributed by atoms with Crippen LogP contribution in [0.4, 0.5) is 5.69 Å². The standard InChI is InChI=1S/C13H18N4O3S/c1-3-17-9-11(8-15-17)16-21(18,19)12-4-5-13(20-2)10(6-12)7-14/h4-6,8-9,16H,3,7,14H2,1-2H3. The Morgan fingerprint density at radius 2 is 2.19 bits per heavy atom. The van der Waals surface area contributed by atoms with E-state index in [1.807, 2.05) is 6.92 Å². The van der Waals surface area contributed by atoms with Crippen molar-refractivity contribution in [1.82, 2.24) is 9.78 Å². The molecule has 0 saturated carbocycles. The van der Waals surface area contributed by atoms with Gasteiger partial charge in [-0.05, 0) is 25.1 Å². The van der Waals surface area contributed by atoms with Crippen LogP contribution in [0.3, 0.4) is 0 Å². The van der Waals surface area contributed by atoms with Crippen molar-refractivity contribution < 1.29 is 13.2 Å². The van der Waals surface area contributed by atoms with Crippen LogP contribution in [0.25, 0.3) is 0 Å². The summed E-state index contributed by atoms with van der Waals surface area (Å²) in [4.78, 5) is 0.132. The van der Waals surface area contributed by atoms with Crippen molar-refractivity contribution in [3.05, 3.63) is 36.2 Å². The molecule has 0 aliphatic rings. The highest BCUT2D eigenvalue weighted by molar-refractivity contribution is 7.92. The Labute approximate surface area is 123 Å². The quantitative estimate of drug-likeness (QED) is 0.834. The molecule has 8 heteroatoms. The Morgan fingerprint density at radius 3 is 2.76 bits per heavy atom. The summed E-state index contributed by atoms with van der Waals surface area (Å²) in [6, 6.07) is 4.57. The fourth-order valence-corrected chi connectivity index (χ4v) is 2.96. The first-order valence-corrected chi connectivity index (χ1v) is 7.90.